The SMILES string of the molecule is O=Cc1ccc2nc(-c3ccc(OC(F)(F)F)cc3)cn2c1. The van der Waals surface area contributed by atoms with E-state index in [-0.39, 0.29) is 5.75 Å². The van der Waals surface area contributed by atoms with Crippen LogP contribution >= 0.6 is 0 Å². The van der Waals surface area contributed by atoms with Crippen LogP contribution in [0.5, 0.6) is 5.75 Å². The van der Waals surface area contributed by atoms with Crippen molar-refractivity contribution in [1.82, 2.24) is 9.38 Å². The molecule has 0 N–H and O–H groups in total. The molecular formula is C15H9F3N2O2. The number of nitrogens with zero attached hydrogens (tertiary/aromatic N) is 2. The molecule has 0 amide bonds. The van der Waals surface area contributed by atoms with E-state index in [1.54, 1.807) is 28.9 Å². The first-order valence-electron chi connectivity index (χ1n) is 6.25. The van der Waals surface area contributed by atoms with E-state index < -0.39 is 6.36 Å². The Kier molecular flexibility index (Phi) is 3.32. The third-order valence-electron chi connectivity index (χ3n) is 2.99. The molecule has 3 aromatic rings. The summed E-state index contributed by atoms with van der Waals surface area (Å²) in [5.41, 5.74) is 2.37. The third kappa shape index (κ3) is 2.93. The van der Waals surface area contributed by atoms with Gasteiger partial charge in [-0.2, -0.15) is 0 Å². The van der Waals surface area contributed by atoms with Crippen molar-refractivity contribution in [2.75, 3.05) is 0 Å². The summed E-state index contributed by atoms with van der Waals surface area (Å²) in [6.07, 6.45) is -0.667. The zero-order valence-electron chi connectivity index (χ0n) is 11.0. The van der Waals surface area contributed by atoms with Gasteiger partial charge >= 0.3 is 6.36 Å². The minimum atomic E-state index is -4.71. The Labute approximate surface area is 122 Å². The van der Waals surface area contributed by atoms with Crippen molar-refractivity contribution in [2.45, 2.75) is 6.36 Å². The molecule has 0 saturated heterocycles. The van der Waals surface area contributed by atoms with Gasteiger partial charge in [-0.1, -0.05) is 0 Å². The van der Waals surface area contributed by atoms with Crippen LogP contribution in [0.25, 0.3) is 16.9 Å². The minimum absolute atomic E-state index is 0.289. The van der Waals surface area contributed by atoms with Gasteiger partial charge in [-0.25, -0.2) is 4.98 Å². The van der Waals surface area contributed by atoms with E-state index in [2.05, 4.69) is 9.72 Å². The molecule has 4 nitrogen and oxygen atoms in total. The van der Waals surface area contributed by atoms with Crippen molar-refractivity contribution in [3.63, 3.8) is 0 Å². The number of rotatable bonds is 3. The zero-order chi connectivity index (χ0) is 15.7. The van der Waals surface area contributed by atoms with Gasteiger partial charge in [-0.3, -0.25) is 4.79 Å². The number of alkyl halides is 3. The van der Waals surface area contributed by atoms with Crippen LogP contribution in [0.1, 0.15) is 10.4 Å². The molecule has 7 heteroatoms. The maximum atomic E-state index is 12.1. The molecule has 0 unspecified atom stereocenters. The average molecular weight is 306 g/mol. The molecule has 0 saturated carbocycles. The maximum absolute atomic E-state index is 12.1. The molecule has 1 aromatic carbocycles. The van der Waals surface area contributed by atoms with Crippen LogP contribution in [-0.2, 0) is 0 Å². The van der Waals surface area contributed by atoms with Crippen molar-refractivity contribution < 1.29 is 22.7 Å². The molecule has 22 heavy (non-hydrogen) atoms. The Balaban J connectivity index is 1.92. The largest absolute Gasteiger partial charge is 0.573 e. The first-order valence-corrected chi connectivity index (χ1v) is 6.25. The third-order valence-corrected chi connectivity index (χ3v) is 2.99. The van der Waals surface area contributed by atoms with Gasteiger partial charge in [-0.05, 0) is 36.4 Å². The number of hydrogen-bond acceptors (Lipinski definition) is 3. The van der Waals surface area contributed by atoms with Crippen molar-refractivity contribution in [2.24, 2.45) is 0 Å². The van der Waals surface area contributed by atoms with Crippen molar-refractivity contribution in [3.05, 3.63) is 54.4 Å². The van der Waals surface area contributed by atoms with E-state index in [1.165, 1.54) is 24.3 Å². The normalized spacial score (nSPS) is 11.6. The molecule has 0 bridgehead atoms. The minimum Gasteiger partial charge on any atom is -0.406 e. The Hall–Kier alpha value is -2.83. The second-order valence-electron chi connectivity index (χ2n) is 4.54. The number of hydrogen-bond donors (Lipinski definition) is 0. The highest BCUT2D eigenvalue weighted by atomic mass is 19.4. The van der Waals surface area contributed by atoms with Crippen molar-refractivity contribution in [3.8, 4) is 17.0 Å². The number of aldehydes is 1. The zero-order valence-corrected chi connectivity index (χ0v) is 11.0. The lowest BCUT2D eigenvalue weighted by atomic mass is 10.2. The molecule has 112 valence electrons. The Morgan fingerprint density at radius 2 is 1.77 bits per heavy atom. The molecular weight excluding hydrogens is 297 g/mol. The van der Waals surface area contributed by atoms with Gasteiger partial charge in [0.05, 0.1) is 5.69 Å². The monoisotopic (exact) mass is 306 g/mol. The van der Waals surface area contributed by atoms with Crippen LogP contribution in [-0.4, -0.2) is 22.0 Å². The smallest absolute Gasteiger partial charge is 0.406 e. The van der Waals surface area contributed by atoms with Crippen LogP contribution in [0.2, 0.25) is 0 Å². The molecule has 0 radical (unpaired) electrons. The van der Waals surface area contributed by atoms with E-state index in [0.29, 0.717) is 22.5 Å². The number of halogens is 3. The second kappa shape index (κ2) is 5.18. The predicted molar refractivity (Wildman–Crippen MR) is 72.7 cm³/mol. The van der Waals surface area contributed by atoms with E-state index in [0.717, 1.165) is 6.29 Å². The van der Waals surface area contributed by atoms with Crippen LogP contribution in [0.3, 0.4) is 0 Å². The van der Waals surface area contributed by atoms with Crippen molar-refractivity contribution >= 4 is 11.9 Å². The van der Waals surface area contributed by atoms with Gasteiger partial charge in [0.25, 0.3) is 0 Å². The van der Waals surface area contributed by atoms with Crippen LogP contribution in [0.4, 0.5) is 13.2 Å². The number of pyridine rings is 1. The van der Waals surface area contributed by atoms with Crippen LogP contribution in [0, 0.1) is 0 Å². The Bertz CT molecular complexity index is 823. The number of benzene rings is 1. The summed E-state index contributed by atoms with van der Waals surface area (Å²) in [5, 5.41) is 0. The molecule has 0 fully saturated rings. The Morgan fingerprint density at radius 3 is 2.41 bits per heavy atom. The average Bonchev–Trinajstić information content (AvgIpc) is 2.89. The summed E-state index contributed by atoms with van der Waals surface area (Å²) in [4.78, 5) is 15.1. The summed E-state index contributed by atoms with van der Waals surface area (Å²) in [6, 6.07) is 8.76. The highest BCUT2D eigenvalue weighted by Gasteiger charge is 2.30. The fourth-order valence-electron chi connectivity index (χ4n) is 2.05. The lowest BCUT2D eigenvalue weighted by molar-refractivity contribution is -0.274. The Morgan fingerprint density at radius 1 is 1.05 bits per heavy atom. The van der Waals surface area contributed by atoms with E-state index in [4.69, 9.17) is 0 Å². The summed E-state index contributed by atoms with van der Waals surface area (Å²) in [5.74, 6) is -0.289. The fourth-order valence-corrected chi connectivity index (χ4v) is 2.05. The highest BCUT2D eigenvalue weighted by Crippen LogP contribution is 2.26. The van der Waals surface area contributed by atoms with E-state index >= 15 is 0 Å². The van der Waals surface area contributed by atoms with Gasteiger partial charge in [0, 0.05) is 23.5 Å². The fraction of sp³-hybridized carbons (Fsp3) is 0.0667. The number of carbonyl (C=O) groups is 1. The van der Waals surface area contributed by atoms with E-state index in [9.17, 15) is 18.0 Å². The summed E-state index contributed by atoms with van der Waals surface area (Å²) < 4.78 is 41.8. The maximum Gasteiger partial charge on any atom is 0.573 e. The number of aromatic nitrogens is 2. The molecule has 0 aliphatic carbocycles. The molecule has 2 heterocycles. The number of ether oxygens (including phenoxy) is 1. The lowest BCUT2D eigenvalue weighted by Crippen LogP contribution is -2.16. The highest BCUT2D eigenvalue weighted by molar-refractivity contribution is 5.75. The van der Waals surface area contributed by atoms with Crippen LogP contribution in [0.15, 0.2) is 48.8 Å². The molecule has 0 aliphatic rings. The van der Waals surface area contributed by atoms with Crippen molar-refractivity contribution in [1.29, 1.82) is 0 Å². The van der Waals surface area contributed by atoms with Gasteiger partial charge in [-0.15, -0.1) is 13.2 Å². The van der Waals surface area contributed by atoms with Gasteiger partial charge in [0.2, 0.25) is 0 Å². The summed E-state index contributed by atoms with van der Waals surface area (Å²) >= 11 is 0. The number of carbonyl (C=O) groups excluding carboxylic acids is 1. The van der Waals surface area contributed by atoms with Gasteiger partial charge < -0.3 is 9.14 Å². The molecule has 3 rings (SSSR count). The molecule has 0 atom stereocenters. The van der Waals surface area contributed by atoms with Gasteiger partial charge in [0.1, 0.15) is 11.4 Å². The predicted octanol–water partition coefficient (Wildman–Crippen LogP) is 3.71. The van der Waals surface area contributed by atoms with Gasteiger partial charge in [0.15, 0.2) is 6.29 Å². The topological polar surface area (TPSA) is 43.6 Å². The molecule has 2 aromatic heterocycles. The number of imidazole rings is 1. The summed E-state index contributed by atoms with van der Waals surface area (Å²) in [7, 11) is 0. The lowest BCUT2D eigenvalue weighted by Gasteiger charge is -2.08. The summed E-state index contributed by atoms with van der Waals surface area (Å²) in [6.45, 7) is 0. The van der Waals surface area contributed by atoms with E-state index in [1.807, 2.05) is 0 Å². The standard InChI is InChI=1S/C15H9F3N2O2/c16-15(17,18)22-12-4-2-11(3-5-12)13-8-20-7-10(9-21)1-6-14(20)19-13/h1-9H. The second-order valence-corrected chi connectivity index (χ2v) is 4.54. The number of fused-ring (bicyclic) bond motifs is 1. The molecule has 0 spiro atoms. The first-order chi connectivity index (χ1) is 10.4. The van der Waals surface area contributed by atoms with Crippen LogP contribution < -0.4 is 4.74 Å². The quantitative estimate of drug-likeness (QED) is 0.693. The first kappa shape index (κ1) is 14.1. The molecule has 0 aliphatic heterocycles.